The molecule has 2 unspecified atom stereocenters. The molecule has 64 heavy (non-hydrogen) atoms. The van der Waals surface area contributed by atoms with Crippen molar-refractivity contribution in [1.82, 2.24) is 0 Å². The smallest absolute Gasteiger partial charge is 0.306 e. The van der Waals surface area contributed by atoms with E-state index >= 15 is 0 Å². The van der Waals surface area contributed by atoms with E-state index in [4.69, 9.17) is 14.2 Å². The van der Waals surface area contributed by atoms with E-state index in [-0.39, 0.29) is 49.1 Å². The van der Waals surface area contributed by atoms with Crippen LogP contribution in [0.3, 0.4) is 0 Å². The van der Waals surface area contributed by atoms with E-state index in [2.05, 4.69) is 135 Å². The Morgan fingerprint density at radius 1 is 0.469 bits per heavy atom. The zero-order chi connectivity index (χ0) is 47.0. The molecule has 0 amide bonds. The molecule has 0 heterocycles. The molecule has 0 aromatic heterocycles. The first kappa shape index (κ1) is 59.7. The quantitative estimate of drug-likeness (QED) is 0.0260. The van der Waals surface area contributed by atoms with Gasteiger partial charge in [0, 0.05) is 19.3 Å². The Kier molecular flexibility index (Phi) is 42.3. The van der Waals surface area contributed by atoms with Crippen molar-refractivity contribution >= 4 is 17.9 Å². The highest BCUT2D eigenvalue weighted by atomic mass is 16.6. The van der Waals surface area contributed by atoms with Crippen LogP contribution in [0.1, 0.15) is 162 Å². The van der Waals surface area contributed by atoms with E-state index < -0.39 is 18.1 Å². The number of aliphatic carboxylic acids is 1. The molecular weight excluding hydrogens is 799 g/mol. The second kappa shape index (κ2) is 45.3. The first-order valence-corrected chi connectivity index (χ1v) is 24.6. The summed E-state index contributed by atoms with van der Waals surface area (Å²) in [4.78, 5) is 37.0. The number of allylic oxidation sites excluding steroid dienone is 20. The Morgan fingerprint density at radius 2 is 0.844 bits per heavy atom. The van der Waals surface area contributed by atoms with Crippen LogP contribution in [0.25, 0.3) is 0 Å². The monoisotopic (exact) mass is 888 g/mol. The van der Waals surface area contributed by atoms with Gasteiger partial charge in [0.15, 0.2) is 6.10 Å². The minimum atomic E-state index is -1.14. The van der Waals surface area contributed by atoms with Crippen molar-refractivity contribution in [3.05, 3.63) is 122 Å². The number of esters is 2. The third-order valence-corrected chi connectivity index (χ3v) is 10.1. The van der Waals surface area contributed by atoms with Crippen LogP contribution in [0.15, 0.2) is 122 Å². The molecule has 0 rings (SSSR count). The summed E-state index contributed by atoms with van der Waals surface area (Å²) in [5.41, 5.74) is 0. The zero-order valence-corrected chi connectivity index (χ0v) is 40.9. The number of hydrogen-bond acceptors (Lipinski definition) is 7. The van der Waals surface area contributed by atoms with Crippen molar-refractivity contribution in [3.8, 4) is 0 Å². The van der Waals surface area contributed by atoms with Crippen LogP contribution < -0.4 is 5.11 Å². The number of rotatable bonds is 42. The van der Waals surface area contributed by atoms with Gasteiger partial charge in [-0.3, -0.25) is 9.59 Å². The van der Waals surface area contributed by atoms with Crippen molar-refractivity contribution in [1.29, 1.82) is 0 Å². The Balaban J connectivity index is 4.39. The van der Waals surface area contributed by atoms with Gasteiger partial charge in [0.2, 0.25) is 0 Å². The number of likely N-dealkylation sites (N-methyl/N-ethyl adjacent to an activating group) is 1. The Hall–Kier alpha value is -4.27. The number of carbonyl (C=O) groups is 3. The van der Waals surface area contributed by atoms with Crippen molar-refractivity contribution in [2.24, 2.45) is 0 Å². The summed E-state index contributed by atoms with van der Waals surface area (Å²) >= 11 is 0. The number of nitrogens with zero attached hydrogens (tertiary/aromatic N) is 1. The molecule has 0 aliphatic heterocycles. The minimum Gasteiger partial charge on any atom is -0.544 e. The van der Waals surface area contributed by atoms with E-state index in [1.54, 1.807) is 21.1 Å². The summed E-state index contributed by atoms with van der Waals surface area (Å²) in [5.74, 6) is -1.84. The highest BCUT2D eigenvalue weighted by Gasteiger charge is 2.25. The number of carboxylic acid groups (broad SMARTS) is 1. The molecule has 0 spiro atoms. The predicted molar refractivity (Wildman–Crippen MR) is 267 cm³/mol. The largest absolute Gasteiger partial charge is 0.544 e. The lowest BCUT2D eigenvalue weighted by molar-refractivity contribution is -0.889. The van der Waals surface area contributed by atoms with Crippen LogP contribution in [0, 0.1) is 0 Å². The van der Waals surface area contributed by atoms with E-state index in [1.807, 2.05) is 0 Å². The molecule has 2 atom stereocenters. The Bertz CT molecular complexity index is 1450. The fraction of sp³-hybridized carbons (Fsp3) is 0.589. The highest BCUT2D eigenvalue weighted by molar-refractivity contribution is 5.70. The summed E-state index contributed by atoms with van der Waals surface area (Å²) in [5, 5.41) is 11.7. The average Bonchev–Trinajstić information content (AvgIpc) is 3.26. The van der Waals surface area contributed by atoms with Gasteiger partial charge >= 0.3 is 11.9 Å². The van der Waals surface area contributed by atoms with Crippen LogP contribution >= 0.6 is 0 Å². The van der Waals surface area contributed by atoms with Gasteiger partial charge in [0.25, 0.3) is 0 Å². The zero-order valence-electron chi connectivity index (χ0n) is 40.9. The second-order valence-corrected chi connectivity index (χ2v) is 16.9. The van der Waals surface area contributed by atoms with Gasteiger partial charge in [-0.25, -0.2) is 0 Å². The first-order chi connectivity index (χ1) is 31.1. The SMILES string of the molecule is CC/C=C/C/C=C/C/C=C/C/C=C/C/C=C/CCCCCCCCCC(=O)OCC(COCCC(C(=O)[O-])[N+](C)(C)C)OC(=O)CCC/C=C/C/C=C/C/C=C/C/C=C/C/C=C/CC. The normalized spacial score (nSPS) is 14.0. The third-order valence-electron chi connectivity index (χ3n) is 10.1. The summed E-state index contributed by atoms with van der Waals surface area (Å²) in [7, 11) is 5.37. The maximum Gasteiger partial charge on any atom is 0.306 e. The molecule has 360 valence electrons. The van der Waals surface area contributed by atoms with Gasteiger partial charge in [-0.05, 0) is 96.3 Å². The molecule has 8 heteroatoms. The van der Waals surface area contributed by atoms with E-state index in [0.29, 0.717) is 12.8 Å². The number of carbonyl (C=O) groups excluding carboxylic acids is 3. The molecule has 0 fully saturated rings. The lowest BCUT2D eigenvalue weighted by Crippen LogP contribution is -2.55. The van der Waals surface area contributed by atoms with Crippen LogP contribution in [0.2, 0.25) is 0 Å². The van der Waals surface area contributed by atoms with Gasteiger partial charge in [-0.15, -0.1) is 0 Å². The van der Waals surface area contributed by atoms with Gasteiger partial charge in [0.05, 0.1) is 40.3 Å². The Morgan fingerprint density at radius 3 is 1.27 bits per heavy atom. The molecule has 0 bridgehead atoms. The molecule has 0 N–H and O–H groups in total. The van der Waals surface area contributed by atoms with Crippen molar-refractivity contribution in [3.63, 3.8) is 0 Å². The maximum atomic E-state index is 12.7. The lowest BCUT2D eigenvalue weighted by Gasteiger charge is -2.34. The Labute approximate surface area is 391 Å². The van der Waals surface area contributed by atoms with Crippen molar-refractivity contribution < 1.29 is 38.2 Å². The number of carboxylic acids is 1. The van der Waals surface area contributed by atoms with Crippen LogP contribution in [-0.4, -0.2) is 75.5 Å². The predicted octanol–water partition coefficient (Wildman–Crippen LogP) is 12.9. The van der Waals surface area contributed by atoms with E-state index in [1.165, 1.54) is 19.3 Å². The first-order valence-electron chi connectivity index (χ1n) is 24.6. The average molecular weight is 888 g/mol. The van der Waals surface area contributed by atoms with Gasteiger partial charge in [0.1, 0.15) is 12.6 Å². The summed E-state index contributed by atoms with van der Waals surface area (Å²) in [6.45, 7) is 4.34. The standard InChI is InChI=1S/C56H89NO7/c1-6-8-10-12-14-16-18-20-22-24-25-26-27-28-29-31-32-34-36-38-40-42-44-46-54(58)63-51-52(50-62-49-48-53(56(60)61)57(3,4)5)64-55(59)47-45-43-41-39-37-35-33-30-23-21-19-17-15-13-11-9-7-2/h8-11,14-17,20-23,25-26,28-29,33,35,39,41,52-53H,6-7,12-13,18-19,24,27,30-32,34,36-38,40,42-51H2,1-5H3/b10-8+,11-9+,16-14+,17-15+,22-20+,23-21+,26-25+,29-28+,35-33+,41-39+. The van der Waals surface area contributed by atoms with Crippen LogP contribution in [0.4, 0.5) is 0 Å². The topological polar surface area (TPSA) is 102 Å². The lowest BCUT2D eigenvalue weighted by atomic mass is 10.1. The molecule has 0 aliphatic rings. The fourth-order valence-electron chi connectivity index (χ4n) is 6.37. The number of ether oxygens (including phenoxy) is 3. The number of hydrogen-bond donors (Lipinski definition) is 0. The second-order valence-electron chi connectivity index (χ2n) is 16.9. The minimum absolute atomic E-state index is 0.00574. The molecule has 0 aromatic rings. The van der Waals surface area contributed by atoms with Gasteiger partial charge in [-0.2, -0.15) is 0 Å². The highest BCUT2D eigenvalue weighted by Crippen LogP contribution is 2.12. The number of unbranched alkanes of at least 4 members (excludes halogenated alkanes) is 8. The van der Waals surface area contributed by atoms with Crippen LogP contribution in [-0.2, 0) is 28.6 Å². The third kappa shape index (κ3) is 43.0. The summed E-state index contributed by atoms with van der Waals surface area (Å²) in [6, 6.07) is -0.746. The summed E-state index contributed by atoms with van der Waals surface area (Å²) in [6.07, 6.45) is 63.8. The molecule has 8 nitrogen and oxygen atoms in total. The maximum absolute atomic E-state index is 12.7. The molecule has 0 aliphatic carbocycles. The molecule has 0 saturated carbocycles. The molecular formula is C56H89NO7. The molecule has 0 radical (unpaired) electrons. The fourth-order valence-corrected chi connectivity index (χ4v) is 6.37. The van der Waals surface area contributed by atoms with Gasteiger partial charge < -0.3 is 28.6 Å². The van der Waals surface area contributed by atoms with E-state index in [9.17, 15) is 19.5 Å². The van der Waals surface area contributed by atoms with E-state index in [0.717, 1.165) is 103 Å². The van der Waals surface area contributed by atoms with Crippen molar-refractivity contribution in [2.45, 2.75) is 174 Å². The summed E-state index contributed by atoms with van der Waals surface area (Å²) < 4.78 is 17.1. The van der Waals surface area contributed by atoms with Crippen LogP contribution in [0.5, 0.6) is 0 Å². The van der Waals surface area contributed by atoms with Crippen molar-refractivity contribution in [2.75, 3.05) is 41.0 Å². The number of quaternary nitrogens is 1. The van der Waals surface area contributed by atoms with Gasteiger partial charge in [-0.1, -0.05) is 167 Å². The molecule has 0 saturated heterocycles. The molecule has 0 aromatic carbocycles.